The second-order valence-electron chi connectivity index (χ2n) is 8.12. The Labute approximate surface area is 196 Å². The molecule has 1 amide bonds. The van der Waals surface area contributed by atoms with Crippen LogP contribution in [0.15, 0.2) is 52.4 Å². The lowest BCUT2D eigenvalue weighted by Gasteiger charge is -2.18. The average Bonchev–Trinajstić information content (AvgIpc) is 2.77. The van der Waals surface area contributed by atoms with Crippen molar-refractivity contribution in [2.24, 2.45) is 10.7 Å². The molecule has 0 saturated heterocycles. The summed E-state index contributed by atoms with van der Waals surface area (Å²) >= 11 is 0. The zero-order chi connectivity index (χ0) is 24.6. The number of rotatable bonds is 10. The van der Waals surface area contributed by atoms with Gasteiger partial charge in [0.25, 0.3) is 0 Å². The molecule has 0 bridgehead atoms. The zero-order valence-corrected chi connectivity index (χ0v) is 20.4. The SMILES string of the molecule is CCCCOC(=O)N=C(N)c1ccc(O)c(S(=O)(=O)N(C)CCc2ccc(C(C)C)cc2)c1. The third-order valence-electron chi connectivity index (χ3n) is 5.24. The fourth-order valence-electron chi connectivity index (χ4n) is 3.02. The van der Waals surface area contributed by atoms with Gasteiger partial charge in [-0.1, -0.05) is 51.5 Å². The van der Waals surface area contributed by atoms with Gasteiger partial charge in [0.15, 0.2) is 0 Å². The molecular formula is C24H33N3O5S. The summed E-state index contributed by atoms with van der Waals surface area (Å²) in [7, 11) is -2.56. The average molecular weight is 476 g/mol. The molecule has 0 aliphatic carbocycles. The molecule has 0 radical (unpaired) electrons. The number of hydrogen-bond acceptors (Lipinski definition) is 5. The van der Waals surface area contributed by atoms with Crippen molar-refractivity contribution in [1.29, 1.82) is 0 Å². The number of aliphatic imine (C=N–C) groups is 1. The number of phenols is 1. The zero-order valence-electron chi connectivity index (χ0n) is 19.6. The monoisotopic (exact) mass is 475 g/mol. The van der Waals surface area contributed by atoms with Crippen LogP contribution in [0.25, 0.3) is 0 Å². The molecule has 2 aromatic carbocycles. The number of ether oxygens (including phenoxy) is 1. The number of amides is 1. The predicted octanol–water partition coefficient (Wildman–Crippen LogP) is 4.02. The summed E-state index contributed by atoms with van der Waals surface area (Å²) in [6, 6.07) is 11.9. The second-order valence-corrected chi connectivity index (χ2v) is 10.1. The molecular weight excluding hydrogens is 442 g/mol. The molecule has 2 rings (SSSR count). The molecule has 2 aromatic rings. The van der Waals surface area contributed by atoms with Crippen LogP contribution >= 0.6 is 0 Å². The van der Waals surface area contributed by atoms with E-state index in [4.69, 9.17) is 10.5 Å². The fraction of sp³-hybridized carbons (Fsp3) is 0.417. The maximum atomic E-state index is 13.1. The largest absolute Gasteiger partial charge is 0.507 e. The van der Waals surface area contributed by atoms with Crippen LogP contribution in [0.4, 0.5) is 4.79 Å². The Kier molecular flexibility index (Phi) is 9.43. The van der Waals surface area contributed by atoms with Gasteiger partial charge in [-0.05, 0) is 48.1 Å². The van der Waals surface area contributed by atoms with Crippen LogP contribution in [0.5, 0.6) is 5.75 Å². The van der Waals surface area contributed by atoms with Crippen LogP contribution in [0.2, 0.25) is 0 Å². The van der Waals surface area contributed by atoms with Crippen LogP contribution in [0.1, 0.15) is 56.2 Å². The Balaban J connectivity index is 2.15. The number of likely N-dealkylation sites (N-methyl/N-ethyl adjacent to an activating group) is 1. The van der Waals surface area contributed by atoms with E-state index in [0.29, 0.717) is 18.8 Å². The molecule has 0 atom stereocenters. The molecule has 33 heavy (non-hydrogen) atoms. The fourth-order valence-corrected chi connectivity index (χ4v) is 4.30. The lowest BCUT2D eigenvalue weighted by molar-refractivity contribution is 0.155. The topological polar surface area (TPSA) is 122 Å². The normalized spacial score (nSPS) is 12.4. The van der Waals surface area contributed by atoms with Crippen LogP contribution in [-0.2, 0) is 21.2 Å². The summed E-state index contributed by atoms with van der Waals surface area (Å²) < 4.78 is 32.3. The first-order valence-electron chi connectivity index (χ1n) is 11.0. The summed E-state index contributed by atoms with van der Waals surface area (Å²) in [5.74, 6) is -0.183. The summed E-state index contributed by atoms with van der Waals surface area (Å²) in [6.45, 7) is 6.64. The van der Waals surface area contributed by atoms with Crippen LogP contribution in [0.3, 0.4) is 0 Å². The number of unbranched alkanes of at least 4 members (excludes halogenated alkanes) is 1. The van der Waals surface area contributed by atoms with Crippen molar-refractivity contribution >= 4 is 22.0 Å². The second kappa shape index (κ2) is 11.8. The quantitative estimate of drug-likeness (QED) is 0.304. The predicted molar refractivity (Wildman–Crippen MR) is 129 cm³/mol. The summed E-state index contributed by atoms with van der Waals surface area (Å²) in [5.41, 5.74) is 8.29. The van der Waals surface area contributed by atoms with Crippen molar-refractivity contribution in [3.05, 3.63) is 59.2 Å². The Morgan fingerprint density at radius 1 is 1.18 bits per heavy atom. The molecule has 3 N–H and O–H groups in total. The summed E-state index contributed by atoms with van der Waals surface area (Å²) in [5, 5.41) is 10.2. The molecule has 9 heteroatoms. The van der Waals surface area contributed by atoms with E-state index in [0.717, 1.165) is 12.0 Å². The van der Waals surface area contributed by atoms with Crippen molar-refractivity contribution in [2.45, 2.75) is 50.8 Å². The van der Waals surface area contributed by atoms with Crippen molar-refractivity contribution < 1.29 is 23.1 Å². The minimum atomic E-state index is -4.01. The lowest BCUT2D eigenvalue weighted by Crippen LogP contribution is -2.29. The Hall–Kier alpha value is -2.91. The number of benzene rings is 2. The van der Waals surface area contributed by atoms with E-state index in [-0.39, 0.29) is 29.4 Å². The number of aromatic hydroxyl groups is 1. The summed E-state index contributed by atoms with van der Waals surface area (Å²) in [6.07, 6.45) is 1.24. The molecule has 8 nitrogen and oxygen atoms in total. The minimum absolute atomic E-state index is 0.191. The van der Waals surface area contributed by atoms with E-state index in [1.807, 2.05) is 31.2 Å². The summed E-state index contributed by atoms with van der Waals surface area (Å²) in [4.78, 5) is 15.1. The number of carbonyl (C=O) groups excluding carboxylic acids is 1. The third kappa shape index (κ3) is 7.30. The number of nitrogens with two attached hydrogens (primary N) is 1. The highest BCUT2D eigenvalue weighted by Crippen LogP contribution is 2.26. The molecule has 0 saturated carbocycles. The van der Waals surface area contributed by atoms with Crippen LogP contribution in [-0.4, -0.2) is 50.0 Å². The lowest BCUT2D eigenvalue weighted by atomic mass is 10.0. The van der Waals surface area contributed by atoms with Gasteiger partial charge in [0.2, 0.25) is 10.0 Å². The van der Waals surface area contributed by atoms with E-state index in [1.54, 1.807) is 0 Å². The van der Waals surface area contributed by atoms with Crippen molar-refractivity contribution in [2.75, 3.05) is 20.2 Å². The third-order valence-corrected chi connectivity index (χ3v) is 7.13. The maximum Gasteiger partial charge on any atom is 0.435 e. The van der Waals surface area contributed by atoms with Gasteiger partial charge in [-0.2, -0.15) is 4.99 Å². The molecule has 0 spiro atoms. The molecule has 0 unspecified atom stereocenters. The Morgan fingerprint density at radius 3 is 2.45 bits per heavy atom. The van der Waals surface area contributed by atoms with Gasteiger partial charge >= 0.3 is 6.09 Å². The Bertz CT molecular complexity index is 1080. The highest BCUT2D eigenvalue weighted by Gasteiger charge is 2.25. The molecule has 0 aromatic heterocycles. The number of nitrogens with zero attached hydrogens (tertiary/aromatic N) is 2. The van der Waals surface area contributed by atoms with Crippen LogP contribution in [0, 0.1) is 0 Å². The molecule has 180 valence electrons. The molecule has 0 fully saturated rings. The van der Waals surface area contributed by atoms with Gasteiger partial charge in [0.1, 0.15) is 16.5 Å². The molecule has 0 heterocycles. The van der Waals surface area contributed by atoms with Crippen LogP contribution < -0.4 is 5.73 Å². The maximum absolute atomic E-state index is 13.1. The molecule has 0 aliphatic heterocycles. The van der Waals surface area contributed by atoms with Gasteiger partial charge in [0.05, 0.1) is 6.61 Å². The van der Waals surface area contributed by atoms with Crippen molar-refractivity contribution in [3.63, 3.8) is 0 Å². The first kappa shape index (κ1) is 26.3. The van der Waals surface area contributed by atoms with E-state index in [1.165, 1.54) is 35.1 Å². The van der Waals surface area contributed by atoms with Crippen molar-refractivity contribution in [3.8, 4) is 5.75 Å². The molecule has 0 aliphatic rings. The number of amidine groups is 1. The van der Waals surface area contributed by atoms with Gasteiger partial charge < -0.3 is 15.6 Å². The van der Waals surface area contributed by atoms with Gasteiger partial charge in [-0.25, -0.2) is 17.5 Å². The minimum Gasteiger partial charge on any atom is -0.507 e. The highest BCUT2D eigenvalue weighted by molar-refractivity contribution is 7.89. The smallest absolute Gasteiger partial charge is 0.435 e. The standard InChI is InChI=1S/C24H33N3O5S/c1-5-6-15-32-24(29)26-23(25)20-11-12-21(28)22(16-20)33(30,31)27(4)14-13-18-7-9-19(10-8-18)17(2)3/h7-12,16-17,28H,5-6,13-15H2,1-4H3,(H2,25,26,29). The highest BCUT2D eigenvalue weighted by atomic mass is 32.2. The van der Waals surface area contributed by atoms with E-state index < -0.39 is 21.9 Å². The first-order valence-corrected chi connectivity index (χ1v) is 12.4. The number of sulfonamides is 1. The number of phenolic OH excluding ortho intramolecular Hbond substituents is 1. The number of carbonyl (C=O) groups is 1. The van der Waals surface area contributed by atoms with E-state index in [2.05, 4.69) is 18.8 Å². The van der Waals surface area contributed by atoms with E-state index >= 15 is 0 Å². The van der Waals surface area contributed by atoms with Gasteiger partial charge in [-0.15, -0.1) is 0 Å². The number of hydrogen-bond donors (Lipinski definition) is 2. The first-order chi connectivity index (χ1) is 15.6. The Morgan fingerprint density at radius 2 is 1.85 bits per heavy atom. The van der Waals surface area contributed by atoms with E-state index in [9.17, 15) is 18.3 Å². The van der Waals surface area contributed by atoms with Gasteiger partial charge in [-0.3, -0.25) is 0 Å². The van der Waals surface area contributed by atoms with Gasteiger partial charge in [0, 0.05) is 19.2 Å². The van der Waals surface area contributed by atoms with Crippen molar-refractivity contribution in [1.82, 2.24) is 4.31 Å².